The lowest BCUT2D eigenvalue weighted by Gasteiger charge is -2.44. The Kier molecular flexibility index (Phi) is 6.17. The van der Waals surface area contributed by atoms with E-state index in [0.717, 1.165) is 19.5 Å². The lowest BCUT2D eigenvalue weighted by Crippen LogP contribution is -2.54. The van der Waals surface area contributed by atoms with Crippen molar-refractivity contribution in [2.24, 2.45) is 0 Å². The van der Waals surface area contributed by atoms with E-state index in [1.807, 2.05) is 0 Å². The minimum absolute atomic E-state index is 0.264. The zero-order valence-corrected chi connectivity index (χ0v) is 18.6. The summed E-state index contributed by atoms with van der Waals surface area (Å²) < 4.78 is 13.2. The molecule has 0 saturated carbocycles. The molecular formula is C17H39NO2Si2. The molecule has 0 bridgehead atoms. The Hall–Kier alpha value is 0.314. The van der Waals surface area contributed by atoms with E-state index in [4.69, 9.17) is 8.85 Å². The molecule has 1 rings (SSSR count). The second-order valence-electron chi connectivity index (χ2n) is 9.89. The molecule has 1 aliphatic rings. The largest absolute Gasteiger partial charge is 0.413 e. The van der Waals surface area contributed by atoms with Gasteiger partial charge in [-0.2, -0.15) is 0 Å². The van der Waals surface area contributed by atoms with Crippen molar-refractivity contribution < 1.29 is 8.85 Å². The maximum atomic E-state index is 6.59. The number of nitrogens with one attached hydrogen (secondary N) is 1. The summed E-state index contributed by atoms with van der Waals surface area (Å²) in [5, 5.41) is 4.06. The highest BCUT2D eigenvalue weighted by atomic mass is 28.4. The van der Waals surface area contributed by atoms with E-state index < -0.39 is 16.6 Å². The Bertz CT molecular complexity index is 336. The molecule has 0 aromatic rings. The fourth-order valence-corrected chi connectivity index (χ4v) is 4.96. The third-order valence-electron chi connectivity index (χ3n) is 5.80. The van der Waals surface area contributed by atoms with E-state index in [1.54, 1.807) is 0 Å². The highest BCUT2D eigenvalue weighted by Gasteiger charge is 2.42. The molecule has 0 aromatic carbocycles. The molecule has 1 saturated heterocycles. The lowest BCUT2D eigenvalue weighted by molar-refractivity contribution is 0.0644. The van der Waals surface area contributed by atoms with Crippen molar-refractivity contribution in [1.82, 2.24) is 5.32 Å². The van der Waals surface area contributed by atoms with Crippen molar-refractivity contribution in [3.05, 3.63) is 0 Å². The van der Waals surface area contributed by atoms with Crippen LogP contribution in [0.5, 0.6) is 0 Å². The summed E-state index contributed by atoms with van der Waals surface area (Å²) in [5.74, 6) is 0. The molecule has 1 heterocycles. The molecule has 0 aromatic heterocycles. The second kappa shape index (κ2) is 6.67. The van der Waals surface area contributed by atoms with Crippen molar-refractivity contribution in [3.63, 3.8) is 0 Å². The van der Waals surface area contributed by atoms with Crippen molar-refractivity contribution in [1.29, 1.82) is 0 Å². The summed E-state index contributed by atoms with van der Waals surface area (Å²) in [4.78, 5) is 0. The zero-order chi connectivity index (χ0) is 17.4. The van der Waals surface area contributed by atoms with Gasteiger partial charge in [0.25, 0.3) is 0 Å². The fourth-order valence-electron chi connectivity index (χ4n) is 2.23. The van der Waals surface area contributed by atoms with Gasteiger partial charge in [-0.3, -0.25) is 0 Å². The first-order valence-corrected chi connectivity index (χ1v) is 14.5. The summed E-state index contributed by atoms with van der Waals surface area (Å²) in [6.45, 7) is 25.1. The van der Waals surface area contributed by atoms with Crippen molar-refractivity contribution >= 4 is 16.6 Å². The van der Waals surface area contributed by atoms with Crippen LogP contribution in [0.25, 0.3) is 0 Å². The molecule has 5 heteroatoms. The molecular weight excluding hydrogens is 306 g/mol. The number of hydrogen-bond donors (Lipinski definition) is 1. The van der Waals surface area contributed by atoms with Gasteiger partial charge in [0, 0.05) is 13.1 Å². The number of piperidine rings is 1. The fraction of sp³-hybridized carbons (Fsp3) is 1.00. The molecule has 1 N–H and O–H groups in total. The summed E-state index contributed by atoms with van der Waals surface area (Å²) in [7, 11) is -3.40. The van der Waals surface area contributed by atoms with Crippen LogP contribution in [-0.2, 0) is 8.85 Å². The Morgan fingerprint density at radius 2 is 1.05 bits per heavy atom. The molecule has 3 nitrogen and oxygen atoms in total. The third-order valence-corrected chi connectivity index (χ3v) is 14.9. The van der Waals surface area contributed by atoms with Gasteiger partial charge >= 0.3 is 0 Å². The van der Waals surface area contributed by atoms with Gasteiger partial charge in [-0.15, -0.1) is 0 Å². The quantitative estimate of drug-likeness (QED) is 0.745. The van der Waals surface area contributed by atoms with Crippen LogP contribution >= 0.6 is 0 Å². The molecule has 0 radical (unpaired) electrons. The van der Waals surface area contributed by atoms with Crippen LogP contribution in [0.15, 0.2) is 0 Å². The minimum Gasteiger partial charge on any atom is -0.413 e. The molecule has 2 atom stereocenters. The van der Waals surface area contributed by atoms with E-state index >= 15 is 0 Å². The average molecular weight is 346 g/mol. The van der Waals surface area contributed by atoms with Crippen LogP contribution < -0.4 is 5.32 Å². The van der Waals surface area contributed by atoms with Crippen LogP contribution in [0.3, 0.4) is 0 Å². The third kappa shape index (κ3) is 5.16. The van der Waals surface area contributed by atoms with Gasteiger partial charge in [0.1, 0.15) is 0 Å². The highest BCUT2D eigenvalue weighted by Crippen LogP contribution is 2.40. The van der Waals surface area contributed by atoms with E-state index in [0.29, 0.717) is 12.2 Å². The normalized spacial score (nSPS) is 25.4. The zero-order valence-electron chi connectivity index (χ0n) is 16.6. The molecule has 132 valence electrons. The van der Waals surface area contributed by atoms with Crippen molar-refractivity contribution in [3.8, 4) is 0 Å². The monoisotopic (exact) mass is 345 g/mol. The predicted octanol–water partition coefficient (Wildman–Crippen LogP) is 4.76. The smallest absolute Gasteiger partial charge is 0.192 e. The first-order valence-electron chi connectivity index (χ1n) is 8.72. The van der Waals surface area contributed by atoms with E-state index in [2.05, 4.69) is 73.0 Å². The average Bonchev–Trinajstić information content (AvgIpc) is 2.24. The van der Waals surface area contributed by atoms with Crippen molar-refractivity contribution in [2.75, 3.05) is 13.1 Å². The Labute approximate surface area is 140 Å². The standard InChI is InChI=1S/C17H39NO2Si2/c1-16(2,3)21(7,8)19-14-11-15(13-18-12-14)20-22(9,10)17(4,5)6/h14-15,18H,11-13H2,1-10H3/t14-,15+. The topological polar surface area (TPSA) is 30.5 Å². The van der Waals surface area contributed by atoms with Gasteiger partial charge in [0.2, 0.25) is 0 Å². The summed E-state index contributed by atoms with van der Waals surface area (Å²) >= 11 is 0. The van der Waals surface area contributed by atoms with Gasteiger partial charge in [-0.05, 0) is 42.7 Å². The molecule has 0 unspecified atom stereocenters. The van der Waals surface area contributed by atoms with Crippen molar-refractivity contribution in [2.45, 2.75) is 96.4 Å². The van der Waals surface area contributed by atoms with E-state index in [-0.39, 0.29) is 10.1 Å². The summed E-state index contributed by atoms with van der Waals surface area (Å²) in [6, 6.07) is 0. The van der Waals surface area contributed by atoms with Gasteiger partial charge in [-0.1, -0.05) is 41.5 Å². The Morgan fingerprint density at radius 3 is 1.32 bits per heavy atom. The molecule has 22 heavy (non-hydrogen) atoms. The Morgan fingerprint density at radius 1 is 0.727 bits per heavy atom. The van der Waals surface area contributed by atoms with E-state index in [9.17, 15) is 0 Å². The summed E-state index contributed by atoms with van der Waals surface area (Å²) in [5.41, 5.74) is 0. The van der Waals surface area contributed by atoms with Gasteiger partial charge < -0.3 is 14.2 Å². The minimum atomic E-state index is -1.70. The maximum Gasteiger partial charge on any atom is 0.192 e. The predicted molar refractivity (Wildman–Crippen MR) is 102 cm³/mol. The molecule has 0 spiro atoms. The van der Waals surface area contributed by atoms with Gasteiger partial charge in [-0.25, -0.2) is 0 Å². The molecule has 1 fully saturated rings. The van der Waals surface area contributed by atoms with Gasteiger partial charge in [0.15, 0.2) is 16.6 Å². The first kappa shape index (κ1) is 20.4. The van der Waals surface area contributed by atoms with Crippen LogP contribution in [0.1, 0.15) is 48.0 Å². The van der Waals surface area contributed by atoms with Gasteiger partial charge in [0.05, 0.1) is 12.2 Å². The van der Waals surface area contributed by atoms with E-state index in [1.165, 1.54) is 0 Å². The summed E-state index contributed by atoms with van der Waals surface area (Å²) in [6.07, 6.45) is 1.63. The SMILES string of the molecule is CC(C)(C)[Si](C)(C)O[C@@H]1CNC[C@H](O[Si](C)(C)C(C)(C)C)C1. The molecule has 0 aliphatic carbocycles. The molecule has 1 aliphatic heterocycles. The molecule has 0 amide bonds. The van der Waals surface area contributed by atoms with Crippen LogP contribution in [-0.4, -0.2) is 41.9 Å². The first-order chi connectivity index (χ1) is 9.66. The second-order valence-corrected chi connectivity index (χ2v) is 19.4. The maximum absolute atomic E-state index is 6.59. The Balaban J connectivity index is 2.66. The van der Waals surface area contributed by atoms with Crippen LogP contribution in [0, 0.1) is 0 Å². The lowest BCUT2D eigenvalue weighted by atomic mass is 10.1. The number of rotatable bonds is 4. The van der Waals surface area contributed by atoms with Crippen LogP contribution in [0.2, 0.25) is 36.3 Å². The van der Waals surface area contributed by atoms with Crippen LogP contribution in [0.4, 0.5) is 0 Å². The highest BCUT2D eigenvalue weighted by molar-refractivity contribution is 6.74. The number of hydrogen-bond acceptors (Lipinski definition) is 3.